The third-order valence-corrected chi connectivity index (χ3v) is 2.55. The summed E-state index contributed by atoms with van der Waals surface area (Å²) >= 11 is 0. The first-order valence-electron chi connectivity index (χ1n) is 7.51. The smallest absolute Gasteiger partial charge is 0.0466 e. The van der Waals surface area contributed by atoms with E-state index in [9.17, 15) is 0 Å². The predicted octanol–water partition coefficient (Wildman–Crippen LogP) is 4.17. The Morgan fingerprint density at radius 3 is 1.33 bits per heavy atom. The third kappa shape index (κ3) is 30.2. The Hall–Kier alpha value is 0.920. The molecule has 0 heterocycles. The monoisotopic (exact) mass is 269 g/mol. The van der Waals surface area contributed by atoms with Crippen molar-refractivity contribution in [1.29, 1.82) is 0 Å². The van der Waals surface area contributed by atoms with E-state index < -0.39 is 0 Å². The Balaban J connectivity index is -0.000000277. The van der Waals surface area contributed by atoms with Crippen LogP contribution in [0.15, 0.2) is 0 Å². The molecule has 0 aromatic rings. The van der Waals surface area contributed by atoms with Gasteiger partial charge in [0.2, 0.25) is 0 Å². The SMILES string of the molecule is CCCCCO.CCCCCOCCCCC.[Na]. The molecule has 0 aliphatic rings. The molecule has 0 aliphatic carbocycles. The van der Waals surface area contributed by atoms with E-state index in [1.165, 1.54) is 44.9 Å². The van der Waals surface area contributed by atoms with Crippen molar-refractivity contribution >= 4 is 29.6 Å². The molecule has 0 saturated carbocycles. The maximum absolute atomic E-state index is 8.20. The van der Waals surface area contributed by atoms with Gasteiger partial charge in [0.15, 0.2) is 0 Å². The molecule has 0 aromatic carbocycles. The van der Waals surface area contributed by atoms with Crippen molar-refractivity contribution in [2.24, 2.45) is 0 Å². The zero-order valence-corrected chi connectivity index (χ0v) is 15.3. The molecule has 1 radical (unpaired) electrons. The maximum Gasteiger partial charge on any atom is 0.0466 e. The summed E-state index contributed by atoms with van der Waals surface area (Å²) in [4.78, 5) is 0. The fourth-order valence-electron chi connectivity index (χ4n) is 1.37. The number of aliphatic hydroxyl groups is 1. The fraction of sp³-hybridized carbons (Fsp3) is 1.00. The van der Waals surface area contributed by atoms with Crippen molar-refractivity contribution in [2.45, 2.75) is 78.6 Å². The predicted molar refractivity (Wildman–Crippen MR) is 82.2 cm³/mol. The molecule has 0 atom stereocenters. The van der Waals surface area contributed by atoms with Gasteiger partial charge in [0, 0.05) is 49.4 Å². The molecular formula is C15H34NaO2. The van der Waals surface area contributed by atoms with Crippen molar-refractivity contribution in [2.75, 3.05) is 19.8 Å². The summed E-state index contributed by atoms with van der Waals surface area (Å²) in [6.07, 6.45) is 11.0. The van der Waals surface area contributed by atoms with Gasteiger partial charge in [0.05, 0.1) is 0 Å². The molecule has 0 amide bonds. The van der Waals surface area contributed by atoms with Crippen LogP contribution >= 0.6 is 0 Å². The number of hydrogen-bond donors (Lipinski definition) is 1. The zero-order valence-electron chi connectivity index (χ0n) is 13.3. The van der Waals surface area contributed by atoms with Crippen LogP contribution in [0.4, 0.5) is 0 Å². The molecule has 0 saturated heterocycles. The molecule has 18 heavy (non-hydrogen) atoms. The number of unbranched alkanes of at least 4 members (excludes halogenated alkanes) is 6. The summed E-state index contributed by atoms with van der Waals surface area (Å²) in [5.74, 6) is 0. The van der Waals surface area contributed by atoms with E-state index >= 15 is 0 Å². The van der Waals surface area contributed by atoms with Gasteiger partial charge in [0.25, 0.3) is 0 Å². The van der Waals surface area contributed by atoms with Crippen molar-refractivity contribution < 1.29 is 9.84 Å². The van der Waals surface area contributed by atoms with Gasteiger partial charge in [-0.3, -0.25) is 0 Å². The van der Waals surface area contributed by atoms with Crippen LogP contribution in [0, 0.1) is 0 Å². The molecule has 0 unspecified atom stereocenters. The van der Waals surface area contributed by atoms with E-state index in [-0.39, 0.29) is 29.6 Å². The molecule has 1 N–H and O–H groups in total. The topological polar surface area (TPSA) is 29.5 Å². The first kappa shape index (κ1) is 24.0. The average molecular weight is 269 g/mol. The minimum absolute atomic E-state index is 0. The molecular weight excluding hydrogens is 235 g/mol. The van der Waals surface area contributed by atoms with Crippen LogP contribution < -0.4 is 0 Å². The first-order valence-corrected chi connectivity index (χ1v) is 7.51. The summed E-state index contributed by atoms with van der Waals surface area (Å²) < 4.78 is 5.44. The number of hydrogen-bond acceptors (Lipinski definition) is 2. The van der Waals surface area contributed by atoms with Gasteiger partial charge in [-0.25, -0.2) is 0 Å². The Bertz CT molecular complexity index is 98.7. The van der Waals surface area contributed by atoms with E-state index in [1.807, 2.05) is 0 Å². The minimum atomic E-state index is 0. The molecule has 0 aromatic heterocycles. The van der Waals surface area contributed by atoms with Gasteiger partial charge in [-0.15, -0.1) is 0 Å². The van der Waals surface area contributed by atoms with Crippen LogP contribution in [0.3, 0.4) is 0 Å². The standard InChI is InChI=1S/C10H22O.C5H12O.Na/c1-3-5-7-9-11-10-8-6-4-2;1-2-3-4-5-6;/h3-10H2,1-2H3;6H,2-5H2,1H3;. The average Bonchev–Trinajstić information content (AvgIpc) is 2.36. The van der Waals surface area contributed by atoms with Gasteiger partial charge in [0.1, 0.15) is 0 Å². The third-order valence-electron chi connectivity index (χ3n) is 2.55. The molecule has 107 valence electrons. The molecule has 0 bridgehead atoms. The summed E-state index contributed by atoms with van der Waals surface area (Å²) in [6, 6.07) is 0. The largest absolute Gasteiger partial charge is 0.396 e. The molecule has 0 rings (SSSR count). The quantitative estimate of drug-likeness (QED) is 0.450. The Morgan fingerprint density at radius 1 is 0.667 bits per heavy atom. The number of ether oxygens (including phenoxy) is 1. The fourth-order valence-corrected chi connectivity index (χ4v) is 1.37. The Kier molecular flexibility index (Phi) is 35.3. The second-order valence-corrected chi connectivity index (χ2v) is 4.46. The van der Waals surface area contributed by atoms with Crippen molar-refractivity contribution in [1.82, 2.24) is 0 Å². The summed E-state index contributed by atoms with van der Waals surface area (Å²) in [6.45, 7) is 8.85. The number of rotatable bonds is 11. The Morgan fingerprint density at radius 2 is 1.06 bits per heavy atom. The molecule has 3 heteroatoms. The van der Waals surface area contributed by atoms with E-state index in [4.69, 9.17) is 9.84 Å². The van der Waals surface area contributed by atoms with E-state index in [1.54, 1.807) is 0 Å². The Labute approximate surface area is 137 Å². The van der Waals surface area contributed by atoms with E-state index in [0.29, 0.717) is 6.61 Å². The normalized spacial score (nSPS) is 9.33. The van der Waals surface area contributed by atoms with Gasteiger partial charge in [-0.2, -0.15) is 0 Å². The van der Waals surface area contributed by atoms with Gasteiger partial charge in [-0.1, -0.05) is 59.3 Å². The van der Waals surface area contributed by atoms with Crippen LogP contribution in [0.5, 0.6) is 0 Å². The van der Waals surface area contributed by atoms with Gasteiger partial charge >= 0.3 is 0 Å². The molecule has 0 spiro atoms. The number of aliphatic hydroxyl groups excluding tert-OH is 1. The van der Waals surface area contributed by atoms with Crippen LogP contribution in [0.2, 0.25) is 0 Å². The van der Waals surface area contributed by atoms with Crippen LogP contribution in [-0.4, -0.2) is 54.5 Å². The minimum Gasteiger partial charge on any atom is -0.396 e. The zero-order chi connectivity index (χ0) is 13.2. The van der Waals surface area contributed by atoms with Gasteiger partial charge in [-0.05, 0) is 19.3 Å². The van der Waals surface area contributed by atoms with Crippen molar-refractivity contribution in [3.63, 3.8) is 0 Å². The van der Waals surface area contributed by atoms with E-state index in [0.717, 1.165) is 26.1 Å². The summed E-state index contributed by atoms with van der Waals surface area (Å²) in [7, 11) is 0. The maximum atomic E-state index is 8.20. The second-order valence-electron chi connectivity index (χ2n) is 4.46. The van der Waals surface area contributed by atoms with Crippen molar-refractivity contribution in [3.8, 4) is 0 Å². The molecule has 0 fully saturated rings. The van der Waals surface area contributed by atoms with E-state index in [2.05, 4.69) is 20.8 Å². The second kappa shape index (κ2) is 26.5. The van der Waals surface area contributed by atoms with Gasteiger partial charge < -0.3 is 9.84 Å². The van der Waals surface area contributed by atoms with Crippen LogP contribution in [0.1, 0.15) is 78.6 Å². The van der Waals surface area contributed by atoms with Crippen molar-refractivity contribution in [3.05, 3.63) is 0 Å². The molecule has 2 nitrogen and oxygen atoms in total. The summed E-state index contributed by atoms with van der Waals surface area (Å²) in [5.41, 5.74) is 0. The van der Waals surface area contributed by atoms with Crippen LogP contribution in [0.25, 0.3) is 0 Å². The first-order chi connectivity index (χ1) is 8.33. The summed E-state index contributed by atoms with van der Waals surface area (Å²) in [5, 5.41) is 8.20. The molecule has 0 aliphatic heterocycles. The van der Waals surface area contributed by atoms with Crippen LogP contribution in [-0.2, 0) is 4.74 Å².